The summed E-state index contributed by atoms with van der Waals surface area (Å²) in [6.45, 7) is 0.417. The van der Waals surface area contributed by atoms with Crippen molar-refractivity contribution in [2.24, 2.45) is 5.73 Å². The molecule has 1 aromatic carbocycles. The van der Waals surface area contributed by atoms with Gasteiger partial charge in [0.15, 0.2) is 11.6 Å². The Morgan fingerprint density at radius 3 is 2.47 bits per heavy atom. The van der Waals surface area contributed by atoms with Crippen LogP contribution in [0.5, 0.6) is 0 Å². The summed E-state index contributed by atoms with van der Waals surface area (Å²) in [4.78, 5) is 0. The number of benzene rings is 1. The lowest BCUT2D eigenvalue weighted by Crippen LogP contribution is -2.17. The van der Waals surface area contributed by atoms with Crippen molar-refractivity contribution in [2.45, 2.75) is 12.8 Å². The molecule has 0 aliphatic heterocycles. The molecule has 0 fully saturated rings. The van der Waals surface area contributed by atoms with E-state index in [4.69, 9.17) is 5.73 Å². The minimum absolute atomic E-state index is 0.0108. The first kappa shape index (κ1) is 13.9. The quantitative estimate of drug-likeness (QED) is 0.764. The summed E-state index contributed by atoms with van der Waals surface area (Å²) in [5.74, 6) is -2.20. The molecule has 1 rings (SSSR count). The average molecular weight is 264 g/mol. The Morgan fingerprint density at radius 2 is 1.88 bits per heavy atom. The molecule has 0 spiro atoms. The van der Waals surface area contributed by atoms with Gasteiger partial charge in [-0.15, -0.1) is 0 Å². The van der Waals surface area contributed by atoms with Crippen molar-refractivity contribution < 1.29 is 17.2 Å². The summed E-state index contributed by atoms with van der Waals surface area (Å²) < 4.78 is 50.6. The molecule has 3 N–H and O–H groups in total. The van der Waals surface area contributed by atoms with Crippen LogP contribution in [0.3, 0.4) is 0 Å². The van der Waals surface area contributed by atoms with Crippen LogP contribution in [0.15, 0.2) is 18.2 Å². The molecule has 0 radical (unpaired) electrons. The molecule has 0 bridgehead atoms. The Kier molecular flexibility index (Phi) is 4.83. The van der Waals surface area contributed by atoms with E-state index in [9.17, 15) is 17.2 Å². The molecule has 0 atom stereocenters. The van der Waals surface area contributed by atoms with Gasteiger partial charge in [0, 0.05) is 6.07 Å². The van der Waals surface area contributed by atoms with Gasteiger partial charge in [-0.3, -0.25) is 4.72 Å². The molecule has 0 aliphatic carbocycles. The van der Waals surface area contributed by atoms with Crippen LogP contribution in [0.25, 0.3) is 0 Å². The Bertz CT molecular complexity index is 477. The Labute approximate surface area is 98.9 Å². The zero-order valence-electron chi connectivity index (χ0n) is 9.12. The highest BCUT2D eigenvalue weighted by molar-refractivity contribution is 7.92. The van der Waals surface area contributed by atoms with Crippen LogP contribution >= 0.6 is 0 Å². The standard InChI is InChI=1S/C10H14F2N2O2S/c11-9-4-3-8(7-10(9)12)14-17(15,16)6-2-1-5-13/h3-4,7,14H,1-2,5-6,13H2. The zero-order chi connectivity index (χ0) is 12.9. The maximum absolute atomic E-state index is 12.8. The van der Waals surface area contributed by atoms with Crippen molar-refractivity contribution in [1.82, 2.24) is 0 Å². The van der Waals surface area contributed by atoms with Gasteiger partial charge in [0.2, 0.25) is 10.0 Å². The van der Waals surface area contributed by atoms with Crippen molar-refractivity contribution in [3.05, 3.63) is 29.8 Å². The highest BCUT2D eigenvalue weighted by Crippen LogP contribution is 2.14. The van der Waals surface area contributed by atoms with Gasteiger partial charge in [-0.1, -0.05) is 0 Å². The van der Waals surface area contributed by atoms with E-state index in [0.717, 1.165) is 12.1 Å². The third-order valence-corrected chi connectivity index (χ3v) is 3.43. The fourth-order valence-corrected chi connectivity index (χ4v) is 2.40. The fraction of sp³-hybridized carbons (Fsp3) is 0.400. The van der Waals surface area contributed by atoms with Crippen molar-refractivity contribution in [3.8, 4) is 0 Å². The lowest BCUT2D eigenvalue weighted by atomic mass is 10.3. The van der Waals surface area contributed by atoms with Gasteiger partial charge in [-0.25, -0.2) is 17.2 Å². The second kappa shape index (κ2) is 5.92. The smallest absolute Gasteiger partial charge is 0.232 e. The lowest BCUT2D eigenvalue weighted by Gasteiger charge is -2.07. The van der Waals surface area contributed by atoms with Gasteiger partial charge in [0.1, 0.15) is 0 Å². The average Bonchev–Trinajstić information content (AvgIpc) is 2.23. The van der Waals surface area contributed by atoms with Gasteiger partial charge in [0.25, 0.3) is 0 Å². The number of halogens is 2. The number of unbranched alkanes of at least 4 members (excludes halogenated alkanes) is 1. The molecule has 1 aromatic rings. The van der Waals surface area contributed by atoms with Gasteiger partial charge in [0.05, 0.1) is 11.4 Å². The van der Waals surface area contributed by atoms with E-state index in [2.05, 4.69) is 4.72 Å². The number of nitrogens with two attached hydrogens (primary N) is 1. The number of nitrogens with one attached hydrogen (secondary N) is 1. The maximum Gasteiger partial charge on any atom is 0.232 e. The lowest BCUT2D eigenvalue weighted by molar-refractivity contribution is 0.509. The molecule has 0 amide bonds. The summed E-state index contributed by atoms with van der Waals surface area (Å²) >= 11 is 0. The summed E-state index contributed by atoms with van der Waals surface area (Å²) in [6, 6.07) is 2.84. The first-order valence-corrected chi connectivity index (χ1v) is 6.75. The molecule has 0 saturated heterocycles. The Balaban J connectivity index is 2.66. The minimum atomic E-state index is -3.53. The number of hydrogen-bond acceptors (Lipinski definition) is 3. The third-order valence-electron chi connectivity index (χ3n) is 2.06. The molecule has 17 heavy (non-hydrogen) atoms. The van der Waals surface area contributed by atoms with Crippen LogP contribution in [0.2, 0.25) is 0 Å². The van der Waals surface area contributed by atoms with E-state index < -0.39 is 21.7 Å². The molecule has 7 heteroatoms. The molecule has 4 nitrogen and oxygen atoms in total. The number of hydrogen-bond donors (Lipinski definition) is 2. The molecule has 0 heterocycles. The molecule has 0 aromatic heterocycles. The molecule has 0 unspecified atom stereocenters. The van der Waals surface area contributed by atoms with E-state index in [0.29, 0.717) is 19.4 Å². The molecular weight excluding hydrogens is 250 g/mol. The largest absolute Gasteiger partial charge is 0.330 e. The first-order valence-electron chi connectivity index (χ1n) is 5.10. The van der Waals surface area contributed by atoms with Crippen molar-refractivity contribution in [2.75, 3.05) is 17.0 Å². The zero-order valence-corrected chi connectivity index (χ0v) is 9.93. The SMILES string of the molecule is NCCCCS(=O)(=O)Nc1ccc(F)c(F)c1. The van der Waals surface area contributed by atoms with Crippen LogP contribution in [-0.2, 0) is 10.0 Å². The highest BCUT2D eigenvalue weighted by atomic mass is 32.2. The molecule has 0 saturated carbocycles. The van der Waals surface area contributed by atoms with Crippen LogP contribution < -0.4 is 10.5 Å². The first-order chi connectivity index (χ1) is 7.94. The topological polar surface area (TPSA) is 72.2 Å². The van der Waals surface area contributed by atoms with Gasteiger partial charge in [-0.05, 0) is 31.5 Å². The van der Waals surface area contributed by atoms with Gasteiger partial charge in [-0.2, -0.15) is 0 Å². The summed E-state index contributed by atoms with van der Waals surface area (Å²) in [7, 11) is -3.53. The van der Waals surface area contributed by atoms with E-state index in [1.165, 1.54) is 6.07 Å². The van der Waals surface area contributed by atoms with Crippen LogP contribution in [0, 0.1) is 11.6 Å². The van der Waals surface area contributed by atoms with Crippen LogP contribution in [0.1, 0.15) is 12.8 Å². The third kappa shape index (κ3) is 4.66. The molecular formula is C10H14F2N2O2S. The number of rotatable bonds is 6. The monoisotopic (exact) mass is 264 g/mol. The van der Waals surface area contributed by atoms with E-state index in [-0.39, 0.29) is 11.4 Å². The van der Waals surface area contributed by atoms with Crippen LogP contribution in [-0.4, -0.2) is 20.7 Å². The fourth-order valence-electron chi connectivity index (χ4n) is 1.23. The summed E-state index contributed by atoms with van der Waals surface area (Å²) in [5, 5.41) is 0. The highest BCUT2D eigenvalue weighted by Gasteiger charge is 2.11. The number of sulfonamides is 1. The van der Waals surface area contributed by atoms with Gasteiger partial charge < -0.3 is 5.73 Å². The second-order valence-electron chi connectivity index (χ2n) is 3.55. The van der Waals surface area contributed by atoms with Crippen molar-refractivity contribution in [1.29, 1.82) is 0 Å². The minimum Gasteiger partial charge on any atom is -0.330 e. The Hall–Kier alpha value is -1.21. The summed E-state index contributed by atoms with van der Waals surface area (Å²) in [6.07, 6.45) is 1.02. The normalized spacial score (nSPS) is 11.5. The maximum atomic E-state index is 12.8. The van der Waals surface area contributed by atoms with Crippen molar-refractivity contribution >= 4 is 15.7 Å². The van der Waals surface area contributed by atoms with E-state index in [1.54, 1.807) is 0 Å². The summed E-state index contributed by atoms with van der Waals surface area (Å²) in [5.41, 5.74) is 5.25. The second-order valence-corrected chi connectivity index (χ2v) is 5.39. The van der Waals surface area contributed by atoms with Crippen molar-refractivity contribution in [3.63, 3.8) is 0 Å². The predicted octanol–water partition coefficient (Wildman–Crippen LogP) is 1.45. The van der Waals surface area contributed by atoms with E-state index in [1.807, 2.05) is 0 Å². The van der Waals surface area contributed by atoms with Gasteiger partial charge >= 0.3 is 0 Å². The molecule has 96 valence electrons. The van der Waals surface area contributed by atoms with Crippen LogP contribution in [0.4, 0.5) is 14.5 Å². The Morgan fingerprint density at radius 1 is 1.18 bits per heavy atom. The predicted molar refractivity (Wildman–Crippen MR) is 62.1 cm³/mol. The van der Waals surface area contributed by atoms with E-state index >= 15 is 0 Å². The molecule has 0 aliphatic rings. The number of anilines is 1.